The monoisotopic (exact) mass is 345 g/mol. The van der Waals surface area contributed by atoms with Crippen LogP contribution in [0.4, 0.5) is 4.79 Å². The number of amides is 3. The van der Waals surface area contributed by atoms with Crippen LogP contribution in [0.2, 0.25) is 0 Å². The number of para-hydroxylation sites is 1. The van der Waals surface area contributed by atoms with Crippen molar-refractivity contribution in [1.82, 2.24) is 15.5 Å². The molecule has 0 spiro atoms. The zero-order chi connectivity index (χ0) is 17.6. The van der Waals surface area contributed by atoms with Crippen molar-refractivity contribution in [3.8, 4) is 5.75 Å². The van der Waals surface area contributed by atoms with Crippen molar-refractivity contribution in [1.29, 1.82) is 0 Å². The van der Waals surface area contributed by atoms with E-state index in [4.69, 9.17) is 4.74 Å². The maximum absolute atomic E-state index is 12.4. The van der Waals surface area contributed by atoms with Crippen LogP contribution in [0.5, 0.6) is 5.75 Å². The van der Waals surface area contributed by atoms with Crippen LogP contribution in [-0.4, -0.2) is 49.6 Å². The molecule has 1 heterocycles. The van der Waals surface area contributed by atoms with Gasteiger partial charge in [0.25, 0.3) is 0 Å². The van der Waals surface area contributed by atoms with E-state index in [1.54, 1.807) is 12.0 Å². The molecule has 25 heavy (non-hydrogen) atoms. The van der Waals surface area contributed by atoms with Gasteiger partial charge in [0, 0.05) is 25.7 Å². The molecule has 0 aromatic heterocycles. The number of hydrogen-bond acceptors (Lipinski definition) is 3. The lowest BCUT2D eigenvalue weighted by Crippen LogP contribution is -2.49. The molecule has 2 aliphatic rings. The van der Waals surface area contributed by atoms with Crippen molar-refractivity contribution in [2.45, 2.75) is 38.1 Å². The van der Waals surface area contributed by atoms with Gasteiger partial charge in [-0.1, -0.05) is 18.2 Å². The van der Waals surface area contributed by atoms with E-state index in [0.29, 0.717) is 19.1 Å². The van der Waals surface area contributed by atoms with Gasteiger partial charge >= 0.3 is 6.03 Å². The van der Waals surface area contributed by atoms with Crippen LogP contribution in [0.25, 0.3) is 0 Å². The molecule has 1 aromatic carbocycles. The number of piperidine rings is 1. The molecule has 136 valence electrons. The van der Waals surface area contributed by atoms with E-state index in [2.05, 4.69) is 10.6 Å². The maximum Gasteiger partial charge on any atom is 0.317 e. The van der Waals surface area contributed by atoms with Gasteiger partial charge in [-0.25, -0.2) is 4.79 Å². The van der Waals surface area contributed by atoms with E-state index in [9.17, 15) is 9.59 Å². The molecule has 1 aliphatic carbocycles. The molecule has 0 bridgehead atoms. The molecular formula is C19H27N3O3. The number of carbonyl (C=O) groups excluding carboxylic acids is 2. The molecular weight excluding hydrogens is 318 g/mol. The van der Waals surface area contributed by atoms with Gasteiger partial charge in [0.15, 0.2) is 0 Å². The number of rotatable bonds is 6. The first-order valence-corrected chi connectivity index (χ1v) is 9.12. The first-order chi connectivity index (χ1) is 12.2. The SMILES string of the molecule is COc1ccccc1CCNC(=O)C1CCCN(C(=O)NC2CC2)C1. The third-order valence-electron chi connectivity index (χ3n) is 4.87. The lowest BCUT2D eigenvalue weighted by Gasteiger charge is -2.32. The fraction of sp³-hybridized carbons (Fsp3) is 0.579. The Labute approximate surface area is 148 Å². The van der Waals surface area contributed by atoms with Crippen molar-refractivity contribution in [2.24, 2.45) is 5.92 Å². The average molecular weight is 345 g/mol. The Hall–Kier alpha value is -2.24. The molecule has 1 aromatic rings. The van der Waals surface area contributed by atoms with E-state index in [-0.39, 0.29) is 17.9 Å². The minimum absolute atomic E-state index is 0.0194. The standard InChI is InChI=1S/C19H27N3O3/c1-25-17-7-3-2-5-14(17)10-11-20-18(23)15-6-4-12-22(13-15)19(24)21-16-8-9-16/h2-3,5,7,15-16H,4,6,8-13H2,1H3,(H,20,23)(H,21,24). The molecule has 2 N–H and O–H groups in total. The van der Waals surface area contributed by atoms with Crippen LogP contribution in [-0.2, 0) is 11.2 Å². The van der Waals surface area contributed by atoms with Crippen LogP contribution < -0.4 is 15.4 Å². The Morgan fingerprint density at radius 1 is 1.24 bits per heavy atom. The molecule has 6 heteroatoms. The van der Waals surface area contributed by atoms with E-state index in [0.717, 1.165) is 50.0 Å². The number of urea groups is 1. The van der Waals surface area contributed by atoms with E-state index >= 15 is 0 Å². The molecule has 1 atom stereocenters. The predicted molar refractivity (Wildman–Crippen MR) is 95.6 cm³/mol. The summed E-state index contributed by atoms with van der Waals surface area (Å²) in [7, 11) is 1.65. The van der Waals surface area contributed by atoms with Gasteiger partial charge in [0.1, 0.15) is 5.75 Å². The summed E-state index contributed by atoms with van der Waals surface area (Å²) in [5.74, 6) is 0.771. The molecule has 0 radical (unpaired) electrons. The first-order valence-electron chi connectivity index (χ1n) is 9.12. The summed E-state index contributed by atoms with van der Waals surface area (Å²) < 4.78 is 5.33. The van der Waals surface area contributed by atoms with Crippen LogP contribution in [0, 0.1) is 5.92 Å². The average Bonchev–Trinajstić information content (AvgIpc) is 3.46. The Balaban J connectivity index is 1.44. The Bertz CT molecular complexity index is 616. The number of methoxy groups -OCH3 is 1. The van der Waals surface area contributed by atoms with Crippen LogP contribution >= 0.6 is 0 Å². The number of nitrogens with one attached hydrogen (secondary N) is 2. The number of benzene rings is 1. The van der Waals surface area contributed by atoms with Gasteiger partial charge < -0.3 is 20.3 Å². The summed E-state index contributed by atoms with van der Waals surface area (Å²) in [6.07, 6.45) is 4.60. The first kappa shape index (κ1) is 17.6. The number of hydrogen-bond donors (Lipinski definition) is 2. The summed E-state index contributed by atoms with van der Waals surface area (Å²) in [6, 6.07) is 8.17. The highest BCUT2D eigenvalue weighted by Crippen LogP contribution is 2.21. The van der Waals surface area contributed by atoms with E-state index in [1.807, 2.05) is 24.3 Å². The Morgan fingerprint density at radius 2 is 2.04 bits per heavy atom. The Morgan fingerprint density at radius 3 is 2.80 bits per heavy atom. The van der Waals surface area contributed by atoms with Crippen molar-refractivity contribution in [3.63, 3.8) is 0 Å². The van der Waals surface area contributed by atoms with E-state index < -0.39 is 0 Å². The maximum atomic E-state index is 12.4. The summed E-state index contributed by atoms with van der Waals surface area (Å²) in [5, 5.41) is 6.01. The number of likely N-dealkylation sites (tertiary alicyclic amines) is 1. The van der Waals surface area contributed by atoms with Crippen molar-refractivity contribution >= 4 is 11.9 Å². The fourth-order valence-corrected chi connectivity index (χ4v) is 3.24. The molecule has 1 saturated carbocycles. The van der Waals surface area contributed by atoms with Gasteiger partial charge in [-0.3, -0.25) is 4.79 Å². The second-order valence-electron chi connectivity index (χ2n) is 6.86. The highest BCUT2D eigenvalue weighted by Gasteiger charge is 2.31. The molecule has 1 unspecified atom stereocenters. The number of nitrogens with zero attached hydrogens (tertiary/aromatic N) is 1. The zero-order valence-corrected chi connectivity index (χ0v) is 14.8. The largest absolute Gasteiger partial charge is 0.496 e. The van der Waals surface area contributed by atoms with Gasteiger partial charge in [-0.2, -0.15) is 0 Å². The fourth-order valence-electron chi connectivity index (χ4n) is 3.24. The molecule has 1 saturated heterocycles. The predicted octanol–water partition coefficient (Wildman–Crippen LogP) is 1.94. The topological polar surface area (TPSA) is 70.7 Å². The third kappa shape index (κ3) is 4.87. The molecule has 2 fully saturated rings. The van der Waals surface area contributed by atoms with Gasteiger partial charge in [-0.05, 0) is 43.7 Å². The lowest BCUT2D eigenvalue weighted by atomic mass is 9.97. The van der Waals surface area contributed by atoms with Gasteiger partial charge in [0.05, 0.1) is 13.0 Å². The summed E-state index contributed by atoms with van der Waals surface area (Å²) in [5.41, 5.74) is 1.08. The second kappa shape index (κ2) is 8.23. The third-order valence-corrected chi connectivity index (χ3v) is 4.87. The highest BCUT2D eigenvalue weighted by atomic mass is 16.5. The lowest BCUT2D eigenvalue weighted by molar-refractivity contribution is -0.126. The van der Waals surface area contributed by atoms with Crippen LogP contribution in [0.1, 0.15) is 31.2 Å². The molecule has 6 nitrogen and oxygen atoms in total. The summed E-state index contributed by atoms with van der Waals surface area (Å²) in [6.45, 7) is 1.83. The van der Waals surface area contributed by atoms with Crippen molar-refractivity contribution < 1.29 is 14.3 Å². The van der Waals surface area contributed by atoms with Crippen LogP contribution in [0.15, 0.2) is 24.3 Å². The van der Waals surface area contributed by atoms with Gasteiger partial charge in [0.2, 0.25) is 5.91 Å². The van der Waals surface area contributed by atoms with Crippen molar-refractivity contribution in [3.05, 3.63) is 29.8 Å². The summed E-state index contributed by atoms with van der Waals surface area (Å²) >= 11 is 0. The number of ether oxygens (including phenoxy) is 1. The minimum Gasteiger partial charge on any atom is -0.496 e. The summed E-state index contributed by atoms with van der Waals surface area (Å²) in [4.78, 5) is 26.4. The van der Waals surface area contributed by atoms with Crippen LogP contribution in [0.3, 0.4) is 0 Å². The zero-order valence-electron chi connectivity index (χ0n) is 14.8. The van der Waals surface area contributed by atoms with Gasteiger partial charge in [-0.15, -0.1) is 0 Å². The molecule has 3 rings (SSSR count). The molecule has 3 amide bonds. The second-order valence-corrected chi connectivity index (χ2v) is 6.86. The highest BCUT2D eigenvalue weighted by molar-refractivity contribution is 5.81. The normalized spacial score (nSPS) is 20.0. The van der Waals surface area contributed by atoms with Crippen molar-refractivity contribution in [2.75, 3.05) is 26.7 Å². The number of carbonyl (C=O) groups is 2. The molecule has 1 aliphatic heterocycles. The minimum atomic E-state index is -0.114. The quantitative estimate of drug-likeness (QED) is 0.828. The van der Waals surface area contributed by atoms with E-state index in [1.165, 1.54) is 0 Å². The smallest absolute Gasteiger partial charge is 0.317 e. The Kier molecular flexibility index (Phi) is 5.79.